The van der Waals surface area contributed by atoms with Gasteiger partial charge < -0.3 is 25.1 Å². The fourth-order valence-electron chi connectivity index (χ4n) is 3.84. The van der Waals surface area contributed by atoms with E-state index in [9.17, 15) is 23.5 Å². The molecule has 4 rings (SSSR count). The third-order valence-electron chi connectivity index (χ3n) is 5.47. The molecule has 1 aromatic carbocycles. The van der Waals surface area contributed by atoms with Crippen LogP contribution in [0.25, 0.3) is 10.9 Å². The lowest BCUT2D eigenvalue weighted by Gasteiger charge is -2.20. The lowest BCUT2D eigenvalue weighted by atomic mass is 10.1. The van der Waals surface area contributed by atoms with Crippen LogP contribution in [-0.4, -0.2) is 54.3 Å². The number of alkyl halides is 1. The summed E-state index contributed by atoms with van der Waals surface area (Å²) >= 11 is 0. The maximum atomic E-state index is 14.9. The summed E-state index contributed by atoms with van der Waals surface area (Å²) < 4.78 is 30.1. The van der Waals surface area contributed by atoms with Crippen LogP contribution >= 0.6 is 0 Å². The average molecular weight is 406 g/mol. The molecular formula is C19H20F2N4O4. The Morgan fingerprint density at radius 1 is 1.45 bits per heavy atom. The van der Waals surface area contributed by atoms with E-state index >= 15 is 0 Å². The quantitative estimate of drug-likeness (QED) is 0.729. The number of aromatic carboxylic acids is 1. The van der Waals surface area contributed by atoms with Gasteiger partial charge in [0, 0.05) is 37.0 Å². The first kappa shape index (κ1) is 19.3. The van der Waals surface area contributed by atoms with Crippen molar-refractivity contribution < 1.29 is 23.5 Å². The molecule has 29 heavy (non-hydrogen) atoms. The van der Waals surface area contributed by atoms with Crippen LogP contribution in [-0.2, 0) is 4.84 Å². The summed E-state index contributed by atoms with van der Waals surface area (Å²) in [6.45, 7) is 1.02. The minimum atomic E-state index is -1.43. The van der Waals surface area contributed by atoms with Crippen LogP contribution < -0.4 is 16.1 Å². The molecule has 10 heteroatoms. The second-order valence-electron chi connectivity index (χ2n) is 7.30. The predicted octanol–water partition coefficient (Wildman–Crippen LogP) is 1.52. The second-order valence-corrected chi connectivity index (χ2v) is 7.30. The van der Waals surface area contributed by atoms with Crippen LogP contribution in [0.2, 0.25) is 0 Å². The summed E-state index contributed by atoms with van der Waals surface area (Å²) in [6, 6.07) is 1.91. The Morgan fingerprint density at radius 2 is 2.17 bits per heavy atom. The molecule has 1 aliphatic carbocycles. The maximum Gasteiger partial charge on any atom is 0.341 e. The highest BCUT2D eigenvalue weighted by atomic mass is 19.1. The van der Waals surface area contributed by atoms with E-state index in [0.717, 1.165) is 12.3 Å². The first-order chi connectivity index (χ1) is 13.8. The summed E-state index contributed by atoms with van der Waals surface area (Å²) in [6.07, 6.45) is 0.223. The normalized spacial score (nSPS) is 25.0. The number of hydrogen-bond donors (Lipinski definition) is 2. The van der Waals surface area contributed by atoms with Gasteiger partial charge in [0.15, 0.2) is 0 Å². The standard InChI is InChI=1S/C19H20F2N4O4/c1-29-23-14-8-24(6-9(14)5-22)16-4-15-10(2-12(16)20)18(26)11(19(27)28)7-25(15)17-3-13(17)21/h2,4,7,9,13,17H,3,5-6,8,22H2,1H3,(H,27,28)/b23-14-/t9?,13-,17+/m0/s1. The van der Waals surface area contributed by atoms with Crippen molar-refractivity contribution in [2.45, 2.75) is 18.6 Å². The molecule has 2 aliphatic rings. The van der Waals surface area contributed by atoms with Gasteiger partial charge in [-0.05, 0) is 12.1 Å². The Balaban J connectivity index is 1.87. The van der Waals surface area contributed by atoms with Gasteiger partial charge in [-0.3, -0.25) is 4.79 Å². The number of rotatable bonds is 5. The van der Waals surface area contributed by atoms with E-state index in [0.29, 0.717) is 30.9 Å². The number of carboxylic acids is 1. The van der Waals surface area contributed by atoms with Crippen LogP contribution in [0.4, 0.5) is 14.5 Å². The van der Waals surface area contributed by atoms with Crippen molar-refractivity contribution in [2.24, 2.45) is 16.8 Å². The maximum absolute atomic E-state index is 14.9. The molecule has 0 bridgehead atoms. The molecule has 2 aromatic rings. The molecule has 1 aromatic heterocycles. The van der Waals surface area contributed by atoms with Gasteiger partial charge in [-0.2, -0.15) is 0 Å². The van der Waals surface area contributed by atoms with Crippen LogP contribution in [0.15, 0.2) is 28.3 Å². The van der Waals surface area contributed by atoms with E-state index < -0.39 is 35.0 Å². The Morgan fingerprint density at radius 3 is 2.76 bits per heavy atom. The lowest BCUT2D eigenvalue weighted by Crippen LogP contribution is -2.24. The van der Waals surface area contributed by atoms with Gasteiger partial charge in [0.05, 0.1) is 29.5 Å². The van der Waals surface area contributed by atoms with Crippen molar-refractivity contribution in [1.29, 1.82) is 0 Å². The molecule has 154 valence electrons. The zero-order chi connectivity index (χ0) is 20.9. The van der Waals surface area contributed by atoms with E-state index in [4.69, 9.17) is 10.6 Å². The number of oxime groups is 1. The third kappa shape index (κ3) is 3.23. The number of anilines is 1. The summed E-state index contributed by atoms with van der Waals surface area (Å²) in [7, 11) is 1.42. The number of nitrogens with zero attached hydrogens (tertiary/aromatic N) is 3. The zero-order valence-corrected chi connectivity index (χ0v) is 15.6. The van der Waals surface area contributed by atoms with E-state index in [-0.39, 0.29) is 23.4 Å². The van der Waals surface area contributed by atoms with Crippen molar-refractivity contribution in [3.63, 3.8) is 0 Å². The van der Waals surface area contributed by atoms with E-state index in [1.54, 1.807) is 4.90 Å². The number of halogens is 2. The third-order valence-corrected chi connectivity index (χ3v) is 5.47. The van der Waals surface area contributed by atoms with Gasteiger partial charge in [-0.15, -0.1) is 0 Å². The summed E-state index contributed by atoms with van der Waals surface area (Å²) in [5.74, 6) is -2.22. The van der Waals surface area contributed by atoms with Crippen LogP contribution in [0.3, 0.4) is 0 Å². The SMILES string of the molecule is CO/N=C1/CN(c2cc3c(cc2F)c(=O)c(C(=O)O)cn3[C@@H]2C[C@@H]2F)CC1CN. The van der Waals surface area contributed by atoms with Gasteiger partial charge in [-0.1, -0.05) is 5.16 Å². The van der Waals surface area contributed by atoms with Gasteiger partial charge in [0.2, 0.25) is 5.43 Å². The van der Waals surface area contributed by atoms with Crippen molar-refractivity contribution in [2.75, 3.05) is 31.6 Å². The highest BCUT2D eigenvalue weighted by molar-refractivity contribution is 5.96. The number of hydrogen-bond acceptors (Lipinski definition) is 6. The highest BCUT2D eigenvalue weighted by Gasteiger charge is 2.40. The van der Waals surface area contributed by atoms with E-state index in [1.807, 2.05) is 0 Å². The van der Waals surface area contributed by atoms with Gasteiger partial charge in [0.25, 0.3) is 0 Å². The number of nitrogens with two attached hydrogens (primary N) is 1. The molecular weight excluding hydrogens is 386 g/mol. The smallest absolute Gasteiger partial charge is 0.341 e. The zero-order valence-electron chi connectivity index (χ0n) is 15.6. The largest absolute Gasteiger partial charge is 0.477 e. The second kappa shape index (κ2) is 7.11. The number of aromatic nitrogens is 1. The van der Waals surface area contributed by atoms with Crippen LogP contribution in [0.5, 0.6) is 0 Å². The average Bonchev–Trinajstić information content (AvgIpc) is 3.26. The molecule has 1 saturated heterocycles. The number of pyridine rings is 1. The van der Waals surface area contributed by atoms with E-state index in [2.05, 4.69) is 5.16 Å². The monoisotopic (exact) mass is 406 g/mol. The first-order valence-electron chi connectivity index (χ1n) is 9.16. The van der Waals surface area contributed by atoms with E-state index in [1.165, 1.54) is 17.7 Å². The van der Waals surface area contributed by atoms with Gasteiger partial charge >= 0.3 is 5.97 Å². The molecule has 1 saturated carbocycles. The minimum Gasteiger partial charge on any atom is -0.477 e. The van der Waals surface area contributed by atoms with Crippen molar-refractivity contribution >= 4 is 28.3 Å². The minimum absolute atomic E-state index is 0.0920. The predicted molar refractivity (Wildman–Crippen MR) is 103 cm³/mol. The van der Waals surface area contributed by atoms with Crippen molar-refractivity contribution in [1.82, 2.24) is 4.57 Å². The summed E-state index contributed by atoms with van der Waals surface area (Å²) in [4.78, 5) is 30.5. The Labute approximate surface area is 164 Å². The fourth-order valence-corrected chi connectivity index (χ4v) is 3.84. The molecule has 2 heterocycles. The molecule has 1 unspecified atom stereocenters. The molecule has 1 aliphatic heterocycles. The molecule has 0 spiro atoms. The molecule has 3 atom stereocenters. The Bertz CT molecular complexity index is 1080. The van der Waals surface area contributed by atoms with Crippen molar-refractivity contribution in [3.05, 3.63) is 39.9 Å². The lowest BCUT2D eigenvalue weighted by molar-refractivity contribution is 0.0694. The van der Waals surface area contributed by atoms with Gasteiger partial charge in [-0.25, -0.2) is 13.6 Å². The fraction of sp³-hybridized carbons (Fsp3) is 0.421. The summed E-state index contributed by atoms with van der Waals surface area (Å²) in [5.41, 5.74) is 5.65. The summed E-state index contributed by atoms with van der Waals surface area (Å²) in [5, 5.41) is 13.2. The topological polar surface area (TPSA) is 110 Å². The van der Waals surface area contributed by atoms with Crippen molar-refractivity contribution in [3.8, 4) is 0 Å². The number of benzene rings is 1. The molecule has 0 radical (unpaired) electrons. The number of fused-ring (bicyclic) bond motifs is 1. The van der Waals surface area contributed by atoms with Crippen LogP contribution in [0, 0.1) is 11.7 Å². The first-order valence-corrected chi connectivity index (χ1v) is 9.16. The van der Waals surface area contributed by atoms with Gasteiger partial charge in [0.1, 0.15) is 24.7 Å². The molecule has 0 amide bonds. The number of carboxylic acid groups (broad SMARTS) is 1. The highest BCUT2D eigenvalue weighted by Crippen LogP contribution is 2.41. The number of carbonyl (C=O) groups is 1. The van der Waals surface area contributed by atoms with Crippen LogP contribution in [0.1, 0.15) is 22.8 Å². The Hall–Kier alpha value is -3.01. The molecule has 8 nitrogen and oxygen atoms in total. The molecule has 3 N–H and O–H groups in total. The molecule has 2 fully saturated rings. The Kier molecular flexibility index (Phi) is 4.73.